The quantitative estimate of drug-likeness (QED) is 0.715. The Labute approximate surface area is 108 Å². The SMILES string of the molecule is Oc1c(Sc2ccccc2)sc2ccccc12. The minimum atomic E-state index is 0.402. The van der Waals surface area contributed by atoms with Crippen LogP contribution in [0.4, 0.5) is 0 Å². The standard InChI is InChI=1S/C14H10OS2/c15-13-11-8-4-5-9-12(11)17-14(13)16-10-6-2-1-3-7-10/h1-9,15H. The maximum absolute atomic E-state index is 10.1. The Morgan fingerprint density at radius 2 is 1.59 bits per heavy atom. The predicted octanol–water partition coefficient (Wildman–Crippen LogP) is 4.76. The van der Waals surface area contributed by atoms with Gasteiger partial charge in [0.25, 0.3) is 0 Å². The molecule has 0 radical (unpaired) electrons. The second kappa shape index (κ2) is 4.43. The van der Waals surface area contributed by atoms with Gasteiger partial charge in [-0.25, -0.2) is 0 Å². The molecule has 0 saturated carbocycles. The zero-order valence-electron chi connectivity index (χ0n) is 8.96. The van der Waals surface area contributed by atoms with Crippen molar-refractivity contribution >= 4 is 33.2 Å². The van der Waals surface area contributed by atoms with E-state index in [1.165, 1.54) is 0 Å². The van der Waals surface area contributed by atoms with Crippen LogP contribution in [0.1, 0.15) is 0 Å². The molecule has 3 rings (SSSR count). The van der Waals surface area contributed by atoms with Gasteiger partial charge in [-0.3, -0.25) is 0 Å². The minimum Gasteiger partial charge on any atom is -0.505 e. The second-order valence-corrected chi connectivity index (χ2v) is 6.04. The van der Waals surface area contributed by atoms with Crippen LogP contribution < -0.4 is 0 Å². The van der Waals surface area contributed by atoms with Crippen LogP contribution in [0.5, 0.6) is 5.75 Å². The van der Waals surface area contributed by atoms with Crippen LogP contribution in [0.15, 0.2) is 63.7 Å². The van der Waals surface area contributed by atoms with Crippen LogP contribution in [0.2, 0.25) is 0 Å². The molecule has 0 amide bonds. The molecule has 17 heavy (non-hydrogen) atoms. The first-order valence-corrected chi connectivity index (χ1v) is 6.91. The zero-order chi connectivity index (χ0) is 11.7. The summed E-state index contributed by atoms with van der Waals surface area (Å²) in [5.74, 6) is 0.402. The summed E-state index contributed by atoms with van der Waals surface area (Å²) in [4.78, 5) is 1.15. The smallest absolute Gasteiger partial charge is 0.148 e. The van der Waals surface area contributed by atoms with Gasteiger partial charge in [0.05, 0.1) is 0 Å². The number of fused-ring (bicyclic) bond motifs is 1. The highest BCUT2D eigenvalue weighted by Gasteiger charge is 2.11. The maximum Gasteiger partial charge on any atom is 0.148 e. The summed E-state index contributed by atoms with van der Waals surface area (Å²) in [6, 6.07) is 18.0. The van der Waals surface area contributed by atoms with Crippen LogP contribution in [0, 0.1) is 0 Å². The maximum atomic E-state index is 10.1. The monoisotopic (exact) mass is 258 g/mol. The summed E-state index contributed by atoms with van der Waals surface area (Å²) < 4.78 is 2.08. The summed E-state index contributed by atoms with van der Waals surface area (Å²) in [6.45, 7) is 0. The van der Waals surface area contributed by atoms with E-state index >= 15 is 0 Å². The van der Waals surface area contributed by atoms with Crippen molar-refractivity contribution in [1.82, 2.24) is 0 Å². The molecule has 1 heterocycles. The average Bonchev–Trinajstić information content (AvgIpc) is 2.68. The fraction of sp³-hybridized carbons (Fsp3) is 0. The van der Waals surface area contributed by atoms with Gasteiger partial charge in [-0.2, -0.15) is 0 Å². The summed E-state index contributed by atoms with van der Waals surface area (Å²) in [5, 5.41) is 11.1. The molecular formula is C14H10OS2. The van der Waals surface area contributed by atoms with Crippen molar-refractivity contribution in [3.05, 3.63) is 54.6 Å². The van der Waals surface area contributed by atoms with E-state index in [9.17, 15) is 5.11 Å². The lowest BCUT2D eigenvalue weighted by molar-refractivity contribution is 0.473. The van der Waals surface area contributed by atoms with E-state index < -0.39 is 0 Å². The molecule has 0 aliphatic rings. The molecule has 0 fully saturated rings. The molecule has 0 saturated heterocycles. The lowest BCUT2D eigenvalue weighted by Crippen LogP contribution is -1.68. The van der Waals surface area contributed by atoms with Crippen LogP contribution in [0.3, 0.4) is 0 Å². The Hall–Kier alpha value is -1.45. The van der Waals surface area contributed by atoms with Crippen molar-refractivity contribution in [1.29, 1.82) is 0 Å². The van der Waals surface area contributed by atoms with E-state index in [2.05, 4.69) is 12.1 Å². The predicted molar refractivity (Wildman–Crippen MR) is 74.1 cm³/mol. The van der Waals surface area contributed by atoms with Crippen LogP contribution in [-0.4, -0.2) is 5.11 Å². The topological polar surface area (TPSA) is 20.2 Å². The van der Waals surface area contributed by atoms with Crippen LogP contribution >= 0.6 is 23.1 Å². The van der Waals surface area contributed by atoms with E-state index in [0.717, 1.165) is 19.2 Å². The molecule has 0 spiro atoms. The molecule has 3 aromatic rings. The Bertz CT molecular complexity index is 644. The highest BCUT2D eigenvalue weighted by Crippen LogP contribution is 2.45. The third-order valence-electron chi connectivity index (χ3n) is 2.49. The first-order chi connectivity index (χ1) is 8.34. The normalized spacial score (nSPS) is 10.8. The van der Waals surface area contributed by atoms with E-state index in [1.807, 2.05) is 42.5 Å². The third kappa shape index (κ3) is 2.04. The molecule has 2 aromatic carbocycles. The zero-order valence-corrected chi connectivity index (χ0v) is 10.6. The Balaban J connectivity index is 2.04. The average molecular weight is 258 g/mol. The van der Waals surface area contributed by atoms with Gasteiger partial charge in [-0.1, -0.05) is 42.1 Å². The number of rotatable bonds is 2. The van der Waals surface area contributed by atoms with Crippen molar-refractivity contribution < 1.29 is 5.11 Å². The second-order valence-electron chi connectivity index (χ2n) is 3.65. The number of aromatic hydroxyl groups is 1. The molecule has 0 bridgehead atoms. The van der Waals surface area contributed by atoms with Gasteiger partial charge in [0, 0.05) is 15.0 Å². The highest BCUT2D eigenvalue weighted by molar-refractivity contribution is 8.01. The largest absolute Gasteiger partial charge is 0.505 e. The fourth-order valence-electron chi connectivity index (χ4n) is 1.67. The Morgan fingerprint density at radius 1 is 0.882 bits per heavy atom. The number of thiophene rings is 1. The van der Waals surface area contributed by atoms with Gasteiger partial charge in [0.15, 0.2) is 0 Å². The van der Waals surface area contributed by atoms with Crippen LogP contribution in [0.25, 0.3) is 10.1 Å². The molecule has 84 valence electrons. The van der Waals surface area contributed by atoms with Crippen molar-refractivity contribution in [3.63, 3.8) is 0 Å². The number of hydrogen-bond donors (Lipinski definition) is 1. The third-order valence-corrected chi connectivity index (χ3v) is 4.83. The molecule has 1 aromatic heterocycles. The van der Waals surface area contributed by atoms with E-state index in [0.29, 0.717) is 5.75 Å². The number of hydrogen-bond acceptors (Lipinski definition) is 3. The first-order valence-electron chi connectivity index (χ1n) is 5.28. The molecule has 1 nitrogen and oxygen atoms in total. The first kappa shape index (κ1) is 10.7. The van der Waals surface area contributed by atoms with Gasteiger partial charge in [-0.15, -0.1) is 11.3 Å². The summed E-state index contributed by atoms with van der Waals surface area (Å²) in [6.07, 6.45) is 0. The van der Waals surface area contributed by atoms with Gasteiger partial charge < -0.3 is 5.11 Å². The van der Waals surface area contributed by atoms with Gasteiger partial charge in [0.1, 0.15) is 9.96 Å². The molecule has 1 N–H and O–H groups in total. The van der Waals surface area contributed by atoms with E-state index in [-0.39, 0.29) is 0 Å². The van der Waals surface area contributed by atoms with Crippen LogP contribution in [-0.2, 0) is 0 Å². The van der Waals surface area contributed by atoms with Crippen molar-refractivity contribution in [2.24, 2.45) is 0 Å². The fourth-order valence-corrected chi connectivity index (χ4v) is 3.94. The lowest BCUT2D eigenvalue weighted by atomic mass is 10.2. The Kier molecular flexibility index (Phi) is 2.79. The van der Waals surface area contributed by atoms with Gasteiger partial charge >= 0.3 is 0 Å². The molecule has 0 aliphatic carbocycles. The highest BCUT2D eigenvalue weighted by atomic mass is 32.2. The van der Waals surface area contributed by atoms with Gasteiger partial charge in [0.2, 0.25) is 0 Å². The van der Waals surface area contributed by atoms with Gasteiger partial charge in [-0.05, 0) is 24.3 Å². The molecule has 0 aliphatic heterocycles. The van der Waals surface area contributed by atoms with Crippen molar-refractivity contribution in [2.75, 3.05) is 0 Å². The summed E-state index contributed by atoms with van der Waals surface area (Å²) >= 11 is 3.24. The molecular weight excluding hydrogens is 248 g/mol. The number of benzene rings is 2. The van der Waals surface area contributed by atoms with Crippen molar-refractivity contribution in [2.45, 2.75) is 9.10 Å². The molecule has 0 atom stereocenters. The summed E-state index contributed by atoms with van der Waals surface area (Å²) in [5.41, 5.74) is 0. The van der Waals surface area contributed by atoms with E-state index in [4.69, 9.17) is 0 Å². The molecule has 3 heteroatoms. The minimum absolute atomic E-state index is 0.402. The van der Waals surface area contributed by atoms with Crippen molar-refractivity contribution in [3.8, 4) is 5.75 Å². The molecule has 0 unspecified atom stereocenters. The lowest BCUT2D eigenvalue weighted by Gasteiger charge is -1.98. The van der Waals surface area contributed by atoms with E-state index in [1.54, 1.807) is 23.1 Å². The Morgan fingerprint density at radius 3 is 2.35 bits per heavy atom. The summed E-state index contributed by atoms with van der Waals surface area (Å²) in [7, 11) is 0.